The Morgan fingerprint density at radius 2 is 1.80 bits per heavy atom. The molecule has 5 nitrogen and oxygen atoms in total. The van der Waals surface area contributed by atoms with Crippen LogP contribution in [0.15, 0.2) is 51.7 Å². The molecule has 0 radical (unpaired) electrons. The van der Waals surface area contributed by atoms with Crippen LogP contribution in [0.3, 0.4) is 0 Å². The minimum atomic E-state index is -0.693. The number of hydrogen-bond donors (Lipinski definition) is 0. The second-order valence-corrected chi connectivity index (χ2v) is 8.62. The number of benzene rings is 2. The van der Waals surface area contributed by atoms with Crippen molar-refractivity contribution in [2.75, 3.05) is 4.90 Å². The van der Waals surface area contributed by atoms with Gasteiger partial charge in [0.25, 0.3) is 5.91 Å². The summed E-state index contributed by atoms with van der Waals surface area (Å²) in [5, 5.41) is 0.619. The van der Waals surface area contributed by atoms with Crippen molar-refractivity contribution in [1.29, 1.82) is 0 Å². The number of hydrogen-bond acceptors (Lipinski definition) is 5. The Balaban J connectivity index is 1.82. The summed E-state index contributed by atoms with van der Waals surface area (Å²) in [5.41, 5.74) is 2.65. The highest BCUT2D eigenvalue weighted by molar-refractivity contribution is 7.15. The molecule has 5 rings (SSSR count). The highest BCUT2D eigenvalue weighted by Gasteiger charge is 2.45. The molecule has 2 aromatic heterocycles. The van der Waals surface area contributed by atoms with Crippen molar-refractivity contribution in [3.63, 3.8) is 0 Å². The van der Waals surface area contributed by atoms with Crippen LogP contribution in [0.1, 0.15) is 43.9 Å². The lowest BCUT2D eigenvalue weighted by molar-refractivity contribution is 0.0971. The van der Waals surface area contributed by atoms with Crippen molar-refractivity contribution < 1.29 is 13.6 Å². The van der Waals surface area contributed by atoms with Gasteiger partial charge in [-0.15, -0.1) is 11.3 Å². The molecule has 3 heterocycles. The highest BCUT2D eigenvalue weighted by Crippen LogP contribution is 2.43. The monoisotopic (exact) mass is 420 g/mol. The number of nitrogens with zero attached hydrogens (tertiary/aromatic N) is 2. The average Bonchev–Trinajstić information content (AvgIpc) is 3.20. The number of aryl methyl sites for hydroxylation is 3. The Bertz CT molecular complexity index is 1370. The number of halogens is 1. The van der Waals surface area contributed by atoms with Crippen LogP contribution >= 0.6 is 11.3 Å². The van der Waals surface area contributed by atoms with Crippen LogP contribution in [0.5, 0.6) is 0 Å². The van der Waals surface area contributed by atoms with Gasteiger partial charge in [-0.05, 0) is 44.5 Å². The Morgan fingerprint density at radius 1 is 1.07 bits per heavy atom. The van der Waals surface area contributed by atoms with E-state index in [1.54, 1.807) is 0 Å². The quantitative estimate of drug-likeness (QED) is 0.455. The van der Waals surface area contributed by atoms with Gasteiger partial charge in [0, 0.05) is 4.88 Å². The Labute approximate surface area is 175 Å². The van der Waals surface area contributed by atoms with Crippen molar-refractivity contribution in [1.82, 2.24) is 4.98 Å². The largest absolute Gasteiger partial charge is 0.450 e. The van der Waals surface area contributed by atoms with Gasteiger partial charge in [0.1, 0.15) is 11.4 Å². The SMILES string of the molecule is Cc1ccc(C2c3c(oc4ccc(F)cc4c3=O)C(=O)N2c2nc(C)c(C)s2)cc1. The number of anilines is 1. The Morgan fingerprint density at radius 3 is 2.47 bits per heavy atom. The maximum absolute atomic E-state index is 13.8. The molecule has 7 heteroatoms. The molecule has 0 spiro atoms. The topological polar surface area (TPSA) is 63.4 Å². The molecular weight excluding hydrogens is 403 g/mol. The first-order valence-electron chi connectivity index (χ1n) is 9.45. The van der Waals surface area contributed by atoms with Gasteiger partial charge in [0.05, 0.1) is 22.7 Å². The number of aromatic nitrogens is 1. The average molecular weight is 420 g/mol. The number of thiazole rings is 1. The fraction of sp³-hybridized carbons (Fsp3) is 0.174. The van der Waals surface area contributed by atoms with Gasteiger partial charge in [0.15, 0.2) is 10.6 Å². The van der Waals surface area contributed by atoms with Crippen molar-refractivity contribution in [3.8, 4) is 0 Å². The van der Waals surface area contributed by atoms with Gasteiger partial charge < -0.3 is 4.42 Å². The van der Waals surface area contributed by atoms with E-state index in [-0.39, 0.29) is 22.3 Å². The Hall–Kier alpha value is -3.32. The van der Waals surface area contributed by atoms with Gasteiger partial charge in [-0.2, -0.15) is 0 Å². The van der Waals surface area contributed by atoms with E-state index in [9.17, 15) is 14.0 Å². The van der Waals surface area contributed by atoms with Crippen molar-refractivity contribution in [2.45, 2.75) is 26.8 Å². The third kappa shape index (κ3) is 2.69. The van der Waals surface area contributed by atoms with Gasteiger partial charge in [-0.3, -0.25) is 14.5 Å². The van der Waals surface area contributed by atoms with Gasteiger partial charge >= 0.3 is 0 Å². The first-order chi connectivity index (χ1) is 14.3. The smallest absolute Gasteiger partial charge is 0.297 e. The zero-order valence-corrected chi connectivity index (χ0v) is 17.3. The van der Waals surface area contributed by atoms with E-state index in [0.717, 1.165) is 27.8 Å². The Kier molecular flexibility index (Phi) is 4.11. The lowest BCUT2D eigenvalue weighted by Gasteiger charge is -2.22. The predicted molar refractivity (Wildman–Crippen MR) is 114 cm³/mol. The number of rotatable bonds is 2. The molecule has 0 aliphatic carbocycles. The van der Waals surface area contributed by atoms with Gasteiger partial charge in [-0.25, -0.2) is 9.37 Å². The zero-order chi connectivity index (χ0) is 21.2. The molecule has 1 unspecified atom stereocenters. The highest BCUT2D eigenvalue weighted by atomic mass is 32.1. The third-order valence-electron chi connectivity index (χ3n) is 5.45. The summed E-state index contributed by atoms with van der Waals surface area (Å²) in [5.74, 6) is -0.975. The third-order valence-corrected chi connectivity index (χ3v) is 6.52. The van der Waals surface area contributed by atoms with Crippen LogP contribution in [-0.2, 0) is 0 Å². The van der Waals surface area contributed by atoms with Crippen LogP contribution in [0.4, 0.5) is 9.52 Å². The molecule has 1 aliphatic heterocycles. The van der Waals surface area contributed by atoms with E-state index >= 15 is 0 Å². The summed E-state index contributed by atoms with van der Waals surface area (Å²) in [6, 6.07) is 10.7. The predicted octanol–water partition coefficient (Wildman–Crippen LogP) is 5.06. The van der Waals surface area contributed by atoms with Gasteiger partial charge in [0.2, 0.25) is 5.76 Å². The van der Waals surface area contributed by atoms with E-state index in [1.165, 1.54) is 28.4 Å². The first-order valence-corrected chi connectivity index (χ1v) is 10.3. The first kappa shape index (κ1) is 18.7. The molecule has 0 saturated carbocycles. The molecule has 0 N–H and O–H groups in total. The number of carbonyl (C=O) groups is 1. The van der Waals surface area contributed by atoms with Crippen LogP contribution < -0.4 is 10.3 Å². The molecule has 1 aliphatic rings. The normalized spacial score (nSPS) is 15.8. The van der Waals surface area contributed by atoms with E-state index in [0.29, 0.717) is 5.13 Å². The van der Waals surface area contributed by atoms with E-state index in [4.69, 9.17) is 4.42 Å². The molecule has 0 fully saturated rings. The van der Waals surface area contributed by atoms with Crippen LogP contribution in [-0.4, -0.2) is 10.9 Å². The summed E-state index contributed by atoms with van der Waals surface area (Å²) < 4.78 is 19.7. The lowest BCUT2D eigenvalue weighted by atomic mass is 9.98. The number of carbonyl (C=O) groups excluding carboxylic acids is 1. The van der Waals surface area contributed by atoms with Gasteiger partial charge in [-0.1, -0.05) is 29.8 Å². The van der Waals surface area contributed by atoms with Crippen molar-refractivity contribution in [2.24, 2.45) is 0 Å². The second kappa shape index (κ2) is 6.60. The molecule has 0 saturated heterocycles. The molecule has 150 valence electrons. The fourth-order valence-electron chi connectivity index (χ4n) is 3.77. The number of amides is 1. The standard InChI is InChI=1S/C23H17FN2O3S/c1-11-4-6-14(7-5-11)19-18-20(27)16-10-15(24)8-9-17(16)29-21(18)22(28)26(19)23-25-12(2)13(3)30-23/h4-10,19H,1-3H3. The van der Waals surface area contributed by atoms with Crippen molar-refractivity contribution >= 4 is 33.3 Å². The molecule has 0 bridgehead atoms. The lowest BCUT2D eigenvalue weighted by Crippen LogP contribution is -2.29. The zero-order valence-electron chi connectivity index (χ0n) is 16.5. The summed E-state index contributed by atoms with van der Waals surface area (Å²) in [7, 11) is 0. The minimum Gasteiger partial charge on any atom is -0.450 e. The van der Waals surface area contributed by atoms with Crippen LogP contribution in [0.25, 0.3) is 11.0 Å². The summed E-state index contributed by atoms with van der Waals surface area (Å²) >= 11 is 1.39. The summed E-state index contributed by atoms with van der Waals surface area (Å²) in [6.07, 6.45) is 0. The second-order valence-electron chi connectivity index (χ2n) is 7.44. The molecule has 2 aromatic carbocycles. The van der Waals surface area contributed by atoms with E-state index < -0.39 is 23.2 Å². The van der Waals surface area contributed by atoms with Crippen LogP contribution in [0.2, 0.25) is 0 Å². The maximum Gasteiger partial charge on any atom is 0.297 e. The molecule has 1 amide bonds. The minimum absolute atomic E-state index is 0.0183. The summed E-state index contributed by atoms with van der Waals surface area (Å²) in [6.45, 7) is 5.78. The number of fused-ring (bicyclic) bond motifs is 2. The maximum atomic E-state index is 13.8. The van der Waals surface area contributed by atoms with E-state index in [1.807, 2.05) is 45.0 Å². The van der Waals surface area contributed by atoms with E-state index in [2.05, 4.69) is 4.98 Å². The molecular formula is C23H17FN2O3S. The molecule has 30 heavy (non-hydrogen) atoms. The fourth-order valence-corrected chi connectivity index (χ4v) is 4.70. The molecule has 1 atom stereocenters. The molecule has 4 aromatic rings. The van der Waals surface area contributed by atoms with Crippen LogP contribution in [0, 0.1) is 26.6 Å². The summed E-state index contributed by atoms with van der Waals surface area (Å²) in [4.78, 5) is 33.9. The van der Waals surface area contributed by atoms with Crippen molar-refractivity contribution in [3.05, 3.63) is 91.5 Å².